The smallest absolute Gasteiger partial charge is 0.251 e. The number of hydrogen-bond donors (Lipinski definition) is 5. The van der Waals surface area contributed by atoms with Gasteiger partial charge in [-0.3, -0.25) is 19.2 Å². The molecule has 17 heteroatoms. The number of halogens is 1. The van der Waals surface area contributed by atoms with Crippen molar-refractivity contribution >= 4 is 52.3 Å². The highest BCUT2D eigenvalue weighted by molar-refractivity contribution is 7.13. The van der Waals surface area contributed by atoms with Crippen LogP contribution in [-0.4, -0.2) is 108 Å². The number of aromatic nitrogens is 1. The van der Waals surface area contributed by atoms with Crippen molar-refractivity contribution in [2.45, 2.75) is 112 Å². The summed E-state index contributed by atoms with van der Waals surface area (Å²) in [7, 11) is 0. The van der Waals surface area contributed by atoms with E-state index in [2.05, 4.69) is 60.0 Å². The van der Waals surface area contributed by atoms with Crippen molar-refractivity contribution in [3.05, 3.63) is 99.6 Å². The summed E-state index contributed by atoms with van der Waals surface area (Å²) in [5.41, 5.74) is 4.71. The molecule has 3 aromatic carbocycles. The summed E-state index contributed by atoms with van der Waals surface area (Å²) < 4.78 is 17.9. The number of nitrogens with zero attached hydrogens (tertiary/aromatic N) is 3. The number of benzene rings is 3. The highest BCUT2D eigenvalue weighted by atomic mass is 35.5. The number of aliphatic hydroxyl groups excluding tert-OH is 1. The number of aryl methyl sites for hydroxylation is 1. The predicted octanol–water partition coefficient (Wildman–Crippen LogP) is 7.46. The number of aliphatic hydroxyl groups is 1. The Morgan fingerprint density at radius 3 is 2.29 bits per heavy atom. The second kappa shape index (κ2) is 21.0. The van der Waals surface area contributed by atoms with E-state index >= 15 is 0 Å². The Bertz CT molecular complexity index is 2570. The molecule has 15 nitrogen and oxygen atoms in total. The van der Waals surface area contributed by atoms with E-state index in [9.17, 15) is 29.5 Å². The van der Waals surface area contributed by atoms with Crippen molar-refractivity contribution < 1.29 is 38.5 Å². The number of amides is 4. The lowest BCUT2D eigenvalue weighted by Crippen LogP contribution is -2.74. The van der Waals surface area contributed by atoms with Gasteiger partial charge in [0.25, 0.3) is 5.91 Å². The average molecular weight is 997 g/mol. The van der Waals surface area contributed by atoms with Gasteiger partial charge in [-0.15, -0.1) is 11.3 Å². The highest BCUT2D eigenvalue weighted by Gasteiger charge is 2.64. The second-order valence-corrected chi connectivity index (χ2v) is 22.7. The van der Waals surface area contributed by atoms with Crippen LogP contribution in [0.25, 0.3) is 10.4 Å². The molecule has 3 aliphatic rings. The third-order valence-corrected chi connectivity index (χ3v) is 15.4. The summed E-state index contributed by atoms with van der Waals surface area (Å²) in [6.07, 6.45) is -0.416. The number of anilines is 1. The van der Waals surface area contributed by atoms with E-state index in [1.54, 1.807) is 41.7 Å². The fourth-order valence-electron chi connectivity index (χ4n) is 10.2. The van der Waals surface area contributed by atoms with E-state index in [0.717, 1.165) is 27.4 Å². The molecule has 0 radical (unpaired) electrons. The molecule has 374 valence electrons. The molecular weight excluding hydrogens is 930 g/mol. The van der Waals surface area contributed by atoms with E-state index < -0.39 is 46.2 Å². The summed E-state index contributed by atoms with van der Waals surface area (Å²) in [4.78, 5) is 61.6. The van der Waals surface area contributed by atoms with Crippen LogP contribution < -0.4 is 26.0 Å². The molecule has 2 saturated heterocycles. The van der Waals surface area contributed by atoms with Gasteiger partial charge in [0.2, 0.25) is 17.7 Å². The molecule has 4 aromatic rings. The van der Waals surface area contributed by atoms with Crippen molar-refractivity contribution in [1.82, 2.24) is 25.8 Å². The molecule has 7 rings (SSSR count). The number of likely N-dealkylation sites (tertiary alicyclic amines) is 1. The van der Waals surface area contributed by atoms with Crippen LogP contribution >= 0.6 is 22.9 Å². The molecule has 0 spiro atoms. The SMILES string of the molecule is Cc1ncsc1-c1ccc([C@H](C)NC(=O)[C@@H]2C[C@@H](O)CN2C(=O)[C@@H](NC(=O)COCCC2(CNc3ccc(C(=O)N[C@H]4C(C)(C)[C@H](Oc5ccc(C#N)c(Cl)c5)C4(C)C)cc3)COC2)C(C)(C)C)cc1. The van der Waals surface area contributed by atoms with Crippen molar-refractivity contribution in [1.29, 1.82) is 5.26 Å². The Kier molecular flexibility index (Phi) is 15.7. The number of β-amino-alcohol motifs (C(OH)–C–C–N with tert-alkyl or cyclic N) is 1. The van der Waals surface area contributed by atoms with Gasteiger partial charge in [-0.2, -0.15) is 5.26 Å². The molecule has 2 aliphatic heterocycles. The number of hydrogen-bond acceptors (Lipinski definition) is 12. The van der Waals surface area contributed by atoms with Crippen LogP contribution in [0.1, 0.15) is 101 Å². The van der Waals surface area contributed by atoms with Crippen molar-refractivity contribution in [3.63, 3.8) is 0 Å². The molecule has 1 aliphatic carbocycles. The number of nitrogens with one attached hydrogen (secondary N) is 4. The minimum absolute atomic E-state index is 0.0284. The standard InChI is InChI=1S/C53H66ClN7O8S/c1-31(33-10-12-34(13-11-33)43-32(2)57-30-70-43)58-46(65)41-22-38(62)25-61(41)47(66)44(50(3,4)5)59-42(63)26-67-21-20-53(28-68-29-53)27-56-37-17-14-35(15-18-37)45(64)60-48-51(6,7)49(52(48,8)9)69-39-19-16-36(24-55)40(54)23-39/h10-19,23,30-31,38,41,44,48-49,56,62H,20-22,25-29H2,1-9H3,(H,58,65)(H,59,63)(H,60,64)/t31-,38+,41-,44+,48-,49-/m0/s1. The molecule has 3 fully saturated rings. The number of thiazole rings is 1. The molecule has 0 unspecified atom stereocenters. The maximum absolute atomic E-state index is 14.2. The van der Waals surface area contributed by atoms with Gasteiger partial charge in [0, 0.05) is 65.7 Å². The zero-order valence-corrected chi connectivity index (χ0v) is 43.1. The first-order chi connectivity index (χ1) is 33.0. The van der Waals surface area contributed by atoms with Crippen LogP contribution in [-0.2, 0) is 23.9 Å². The normalized spacial score (nSPS) is 21.8. The lowest BCUT2D eigenvalue weighted by atomic mass is 9.49. The summed E-state index contributed by atoms with van der Waals surface area (Å²) >= 11 is 7.83. The monoisotopic (exact) mass is 995 g/mol. The molecule has 1 aromatic heterocycles. The summed E-state index contributed by atoms with van der Waals surface area (Å²) in [5.74, 6) is -0.905. The lowest BCUT2D eigenvalue weighted by molar-refractivity contribution is -0.164. The van der Waals surface area contributed by atoms with E-state index in [-0.39, 0.29) is 61.6 Å². The van der Waals surface area contributed by atoms with Crippen LogP contribution in [0.4, 0.5) is 5.69 Å². The molecule has 5 N–H and O–H groups in total. The first-order valence-electron chi connectivity index (χ1n) is 23.8. The summed E-state index contributed by atoms with van der Waals surface area (Å²) in [6.45, 7) is 19.2. The van der Waals surface area contributed by atoms with Gasteiger partial charge in [-0.05, 0) is 73.2 Å². The van der Waals surface area contributed by atoms with Crippen LogP contribution in [0.5, 0.6) is 5.75 Å². The Labute approximate surface area is 420 Å². The van der Waals surface area contributed by atoms with Gasteiger partial charge in [0.1, 0.15) is 36.6 Å². The summed E-state index contributed by atoms with van der Waals surface area (Å²) in [5, 5.41) is 32.9. The molecule has 70 heavy (non-hydrogen) atoms. The topological polar surface area (TPSA) is 204 Å². The fraction of sp³-hybridized carbons (Fsp3) is 0.509. The molecule has 1 saturated carbocycles. The van der Waals surface area contributed by atoms with Gasteiger partial charge >= 0.3 is 0 Å². The van der Waals surface area contributed by atoms with Crippen molar-refractivity contribution in [3.8, 4) is 22.3 Å². The Balaban J connectivity index is 0.859. The summed E-state index contributed by atoms with van der Waals surface area (Å²) in [6, 6.07) is 19.9. The van der Waals surface area contributed by atoms with Crippen LogP contribution in [0.15, 0.2) is 72.2 Å². The van der Waals surface area contributed by atoms with Gasteiger partial charge in [-0.1, -0.05) is 84.3 Å². The zero-order chi connectivity index (χ0) is 50.8. The first kappa shape index (κ1) is 52.3. The maximum Gasteiger partial charge on any atom is 0.251 e. The fourth-order valence-corrected chi connectivity index (χ4v) is 11.3. The minimum Gasteiger partial charge on any atom is -0.489 e. The number of carbonyl (C=O) groups excluding carboxylic acids is 4. The quantitative estimate of drug-likeness (QED) is 0.0619. The molecule has 4 atom stereocenters. The van der Waals surface area contributed by atoms with Gasteiger partial charge in [0.15, 0.2) is 0 Å². The third-order valence-electron chi connectivity index (χ3n) is 14.1. The van der Waals surface area contributed by atoms with Crippen LogP contribution in [0.3, 0.4) is 0 Å². The molecular formula is C53H66ClN7O8S. The van der Waals surface area contributed by atoms with E-state index in [0.29, 0.717) is 48.1 Å². The van der Waals surface area contributed by atoms with Crippen LogP contribution in [0, 0.1) is 39.9 Å². The van der Waals surface area contributed by atoms with Gasteiger partial charge in [-0.25, -0.2) is 4.98 Å². The Morgan fingerprint density at radius 1 is 1.01 bits per heavy atom. The predicted molar refractivity (Wildman–Crippen MR) is 269 cm³/mol. The van der Waals surface area contributed by atoms with E-state index in [1.807, 2.05) is 76.5 Å². The first-order valence-corrected chi connectivity index (χ1v) is 25.0. The maximum atomic E-state index is 14.2. The highest BCUT2D eigenvalue weighted by Crippen LogP contribution is 2.55. The third kappa shape index (κ3) is 11.5. The average Bonchev–Trinajstić information content (AvgIpc) is 3.92. The second-order valence-electron chi connectivity index (χ2n) is 21.4. The largest absolute Gasteiger partial charge is 0.489 e. The molecule has 4 amide bonds. The molecule has 0 bridgehead atoms. The molecule has 3 heterocycles. The van der Waals surface area contributed by atoms with Gasteiger partial charge in [0.05, 0.1) is 52.0 Å². The number of carbonyl (C=O) groups is 4. The van der Waals surface area contributed by atoms with Crippen molar-refractivity contribution in [2.75, 3.05) is 44.8 Å². The Morgan fingerprint density at radius 2 is 1.70 bits per heavy atom. The van der Waals surface area contributed by atoms with E-state index in [4.69, 9.17) is 25.8 Å². The number of nitriles is 1. The van der Waals surface area contributed by atoms with Gasteiger partial charge < -0.3 is 45.5 Å². The Hall–Kier alpha value is -5.57. The minimum atomic E-state index is -0.984. The van der Waals surface area contributed by atoms with Crippen molar-refractivity contribution in [2.24, 2.45) is 21.7 Å². The zero-order valence-electron chi connectivity index (χ0n) is 41.5. The number of ether oxygens (including phenoxy) is 3. The van der Waals surface area contributed by atoms with E-state index in [1.165, 1.54) is 4.90 Å². The lowest BCUT2D eigenvalue weighted by Gasteiger charge is -2.63. The number of rotatable bonds is 18. The van der Waals surface area contributed by atoms with Crippen LogP contribution in [0.2, 0.25) is 5.02 Å².